The summed E-state index contributed by atoms with van der Waals surface area (Å²) in [6.07, 6.45) is 0. The smallest absolute Gasteiger partial charge is 0.241 e. The molecule has 2 aliphatic rings. The molecule has 2 aliphatic heterocycles. The Kier molecular flexibility index (Phi) is 6.62. The fraction of sp³-hybridized carbons (Fsp3) is 0.478. The summed E-state index contributed by atoms with van der Waals surface area (Å²) < 4.78 is 5.32. The highest BCUT2D eigenvalue weighted by atomic mass is 16.5. The average molecular weight is 411 g/mol. The Morgan fingerprint density at radius 3 is 2.43 bits per heavy atom. The molecule has 0 aromatic heterocycles. The molecule has 1 N–H and O–H groups in total. The summed E-state index contributed by atoms with van der Waals surface area (Å²) in [6, 6.07) is 13.8. The number of fused-ring (bicyclic) bond motifs is 1. The molecule has 2 fully saturated rings. The second-order valence-corrected chi connectivity index (χ2v) is 8.00. The van der Waals surface area contributed by atoms with Crippen molar-refractivity contribution in [3.05, 3.63) is 42.5 Å². The van der Waals surface area contributed by atoms with Crippen molar-refractivity contribution in [3.8, 4) is 0 Å². The largest absolute Gasteiger partial charge is 0.378 e. The van der Waals surface area contributed by atoms with Crippen molar-refractivity contribution in [3.63, 3.8) is 0 Å². The first-order valence-electron chi connectivity index (χ1n) is 10.7. The molecule has 7 heteroatoms. The van der Waals surface area contributed by atoms with E-state index < -0.39 is 0 Å². The molecular formula is C23H30N4O3. The van der Waals surface area contributed by atoms with Crippen LogP contribution in [0.3, 0.4) is 0 Å². The van der Waals surface area contributed by atoms with E-state index in [0.717, 1.165) is 42.6 Å². The van der Waals surface area contributed by atoms with Gasteiger partial charge in [0.25, 0.3) is 0 Å². The molecular weight excluding hydrogens is 380 g/mol. The molecule has 0 bridgehead atoms. The SMILES string of the molecule is CC(C(=O)Nc1cccc2ccccc12)N1CCN(CC(=O)N2CCOCC2)CC1. The fourth-order valence-electron chi connectivity index (χ4n) is 4.15. The van der Waals surface area contributed by atoms with Crippen molar-refractivity contribution in [1.82, 2.24) is 14.7 Å². The van der Waals surface area contributed by atoms with Crippen LogP contribution in [-0.2, 0) is 14.3 Å². The van der Waals surface area contributed by atoms with Crippen LogP contribution in [0.1, 0.15) is 6.92 Å². The maximum atomic E-state index is 12.9. The van der Waals surface area contributed by atoms with E-state index in [4.69, 9.17) is 4.74 Å². The van der Waals surface area contributed by atoms with Gasteiger partial charge in [-0.05, 0) is 18.4 Å². The number of piperazine rings is 1. The van der Waals surface area contributed by atoms with Gasteiger partial charge < -0.3 is 15.0 Å². The van der Waals surface area contributed by atoms with Crippen LogP contribution < -0.4 is 5.32 Å². The number of nitrogens with zero attached hydrogens (tertiary/aromatic N) is 3. The topological polar surface area (TPSA) is 65.1 Å². The number of carbonyl (C=O) groups is 2. The third kappa shape index (κ3) is 4.80. The van der Waals surface area contributed by atoms with Crippen molar-refractivity contribution in [2.24, 2.45) is 0 Å². The van der Waals surface area contributed by atoms with Gasteiger partial charge in [-0.25, -0.2) is 0 Å². The molecule has 0 spiro atoms. The van der Waals surface area contributed by atoms with E-state index in [1.165, 1.54) is 0 Å². The fourth-order valence-corrected chi connectivity index (χ4v) is 4.15. The minimum Gasteiger partial charge on any atom is -0.378 e. The highest BCUT2D eigenvalue weighted by Gasteiger charge is 2.27. The van der Waals surface area contributed by atoms with E-state index in [2.05, 4.69) is 15.1 Å². The van der Waals surface area contributed by atoms with Gasteiger partial charge in [-0.3, -0.25) is 19.4 Å². The number of amides is 2. The molecule has 0 radical (unpaired) electrons. The Balaban J connectivity index is 1.29. The van der Waals surface area contributed by atoms with Gasteiger partial charge in [0.15, 0.2) is 0 Å². The monoisotopic (exact) mass is 410 g/mol. The van der Waals surface area contributed by atoms with E-state index in [9.17, 15) is 9.59 Å². The summed E-state index contributed by atoms with van der Waals surface area (Å²) in [7, 11) is 0. The van der Waals surface area contributed by atoms with Crippen LogP contribution in [0.15, 0.2) is 42.5 Å². The third-order valence-corrected chi connectivity index (χ3v) is 6.10. The highest BCUT2D eigenvalue weighted by molar-refractivity contribution is 6.03. The van der Waals surface area contributed by atoms with Gasteiger partial charge in [-0.2, -0.15) is 0 Å². The molecule has 2 aromatic carbocycles. The van der Waals surface area contributed by atoms with E-state index in [1.54, 1.807) is 0 Å². The number of nitrogens with one attached hydrogen (secondary N) is 1. The molecule has 2 amide bonds. The van der Waals surface area contributed by atoms with Gasteiger partial charge in [0.1, 0.15) is 0 Å². The number of benzene rings is 2. The average Bonchev–Trinajstić information content (AvgIpc) is 2.80. The number of anilines is 1. The van der Waals surface area contributed by atoms with Crippen molar-refractivity contribution >= 4 is 28.3 Å². The Hall–Kier alpha value is -2.48. The van der Waals surface area contributed by atoms with Gasteiger partial charge in [0.2, 0.25) is 11.8 Å². The van der Waals surface area contributed by atoms with Crippen LogP contribution in [-0.4, -0.2) is 91.6 Å². The molecule has 2 heterocycles. The Labute approximate surface area is 177 Å². The summed E-state index contributed by atoms with van der Waals surface area (Å²) in [5.41, 5.74) is 0.847. The number of hydrogen-bond donors (Lipinski definition) is 1. The summed E-state index contributed by atoms with van der Waals surface area (Å²) in [5, 5.41) is 5.26. The zero-order chi connectivity index (χ0) is 20.9. The van der Waals surface area contributed by atoms with Gasteiger partial charge >= 0.3 is 0 Å². The first-order chi connectivity index (χ1) is 14.6. The second-order valence-electron chi connectivity index (χ2n) is 8.00. The van der Waals surface area contributed by atoms with Crippen LogP contribution >= 0.6 is 0 Å². The summed E-state index contributed by atoms with van der Waals surface area (Å²) in [4.78, 5) is 31.6. The predicted octanol–water partition coefficient (Wildman–Crippen LogP) is 1.64. The molecule has 160 valence electrons. The molecule has 1 unspecified atom stereocenters. The van der Waals surface area contributed by atoms with Gasteiger partial charge in [0.05, 0.1) is 25.8 Å². The quantitative estimate of drug-likeness (QED) is 0.812. The highest BCUT2D eigenvalue weighted by Crippen LogP contribution is 2.23. The lowest BCUT2D eigenvalue weighted by molar-refractivity contribution is -0.137. The van der Waals surface area contributed by atoms with Gasteiger partial charge in [-0.1, -0.05) is 36.4 Å². The molecule has 7 nitrogen and oxygen atoms in total. The number of ether oxygens (including phenoxy) is 1. The molecule has 2 aromatic rings. The van der Waals surface area contributed by atoms with E-state index >= 15 is 0 Å². The number of carbonyl (C=O) groups excluding carboxylic acids is 2. The number of rotatable bonds is 5. The van der Waals surface area contributed by atoms with Crippen LogP contribution in [0.4, 0.5) is 5.69 Å². The van der Waals surface area contributed by atoms with Crippen molar-refractivity contribution in [2.45, 2.75) is 13.0 Å². The van der Waals surface area contributed by atoms with Crippen LogP contribution in [0.25, 0.3) is 10.8 Å². The zero-order valence-corrected chi connectivity index (χ0v) is 17.5. The molecule has 0 aliphatic carbocycles. The van der Waals surface area contributed by atoms with Crippen LogP contribution in [0.5, 0.6) is 0 Å². The normalized spacial score (nSPS) is 19.6. The standard InChI is InChI=1S/C23H30N4O3/c1-18(23(29)24-21-8-4-6-19-5-2-3-7-20(19)21)26-11-9-25(10-12-26)17-22(28)27-13-15-30-16-14-27/h2-8,18H,9-17H2,1H3,(H,24,29). The molecule has 2 saturated heterocycles. The van der Waals surface area contributed by atoms with E-state index in [-0.39, 0.29) is 17.9 Å². The summed E-state index contributed by atoms with van der Waals surface area (Å²) in [5.74, 6) is 0.178. The Morgan fingerprint density at radius 2 is 1.67 bits per heavy atom. The molecule has 4 rings (SSSR count). The first-order valence-corrected chi connectivity index (χ1v) is 10.7. The third-order valence-electron chi connectivity index (χ3n) is 6.10. The number of hydrogen-bond acceptors (Lipinski definition) is 5. The van der Waals surface area contributed by atoms with Gasteiger partial charge in [0, 0.05) is 50.3 Å². The van der Waals surface area contributed by atoms with E-state index in [1.807, 2.05) is 54.3 Å². The molecule has 0 saturated carbocycles. The lowest BCUT2D eigenvalue weighted by Gasteiger charge is -2.38. The second kappa shape index (κ2) is 9.55. The van der Waals surface area contributed by atoms with E-state index in [0.29, 0.717) is 32.8 Å². The van der Waals surface area contributed by atoms with Gasteiger partial charge in [-0.15, -0.1) is 0 Å². The zero-order valence-electron chi connectivity index (χ0n) is 17.5. The lowest BCUT2D eigenvalue weighted by Crippen LogP contribution is -2.55. The van der Waals surface area contributed by atoms with Crippen molar-refractivity contribution in [1.29, 1.82) is 0 Å². The first kappa shape index (κ1) is 20.8. The maximum absolute atomic E-state index is 12.9. The summed E-state index contributed by atoms with van der Waals surface area (Å²) >= 11 is 0. The van der Waals surface area contributed by atoms with Crippen molar-refractivity contribution in [2.75, 3.05) is 64.3 Å². The van der Waals surface area contributed by atoms with Crippen LogP contribution in [0, 0.1) is 0 Å². The number of morpholine rings is 1. The van der Waals surface area contributed by atoms with Crippen molar-refractivity contribution < 1.29 is 14.3 Å². The predicted molar refractivity (Wildman–Crippen MR) is 117 cm³/mol. The molecule has 30 heavy (non-hydrogen) atoms. The lowest BCUT2D eigenvalue weighted by atomic mass is 10.1. The van der Waals surface area contributed by atoms with Crippen LogP contribution in [0.2, 0.25) is 0 Å². The Bertz CT molecular complexity index is 884. The minimum atomic E-state index is -0.221. The Morgan fingerprint density at radius 1 is 0.967 bits per heavy atom. The summed E-state index contributed by atoms with van der Waals surface area (Å²) in [6.45, 7) is 8.17. The minimum absolute atomic E-state index is 0.00389. The molecule has 1 atom stereocenters. The maximum Gasteiger partial charge on any atom is 0.241 e.